The number of benzene rings is 1. The Morgan fingerprint density at radius 1 is 1.20 bits per heavy atom. The van der Waals surface area contributed by atoms with Crippen LogP contribution in [-0.2, 0) is 27.3 Å². The molecule has 35 heavy (non-hydrogen) atoms. The Balaban J connectivity index is 1.34. The number of nitrogens with one attached hydrogen (secondary N) is 1. The molecule has 0 bridgehead atoms. The van der Waals surface area contributed by atoms with Gasteiger partial charge < -0.3 is 19.7 Å². The molecule has 0 radical (unpaired) electrons. The molecule has 3 amide bonds. The molecule has 11 heteroatoms. The predicted octanol–water partition coefficient (Wildman–Crippen LogP) is 2.83. The lowest BCUT2D eigenvalue weighted by atomic mass is 10.0. The van der Waals surface area contributed by atoms with E-state index in [0.717, 1.165) is 49.8 Å². The molecular formula is C24H21ClN4O5S. The number of hydrogen-bond acceptors (Lipinski definition) is 8. The van der Waals surface area contributed by atoms with Gasteiger partial charge in [-0.15, -0.1) is 11.3 Å². The summed E-state index contributed by atoms with van der Waals surface area (Å²) in [5.41, 5.74) is 3.30. The molecule has 180 valence electrons. The van der Waals surface area contributed by atoms with Gasteiger partial charge >= 0.3 is 6.09 Å². The van der Waals surface area contributed by atoms with Gasteiger partial charge in [0.05, 0.1) is 16.8 Å². The van der Waals surface area contributed by atoms with E-state index in [9.17, 15) is 14.4 Å². The van der Waals surface area contributed by atoms with Crippen LogP contribution in [0.3, 0.4) is 0 Å². The maximum atomic E-state index is 13.1. The Hall–Kier alpha value is -3.21. The number of halogens is 1. The molecule has 5 heterocycles. The first kappa shape index (κ1) is 22.3. The Labute approximate surface area is 209 Å². The number of amides is 3. The minimum absolute atomic E-state index is 0.00905. The van der Waals surface area contributed by atoms with Crippen molar-refractivity contribution in [2.24, 2.45) is 0 Å². The van der Waals surface area contributed by atoms with Gasteiger partial charge in [0.25, 0.3) is 11.8 Å². The summed E-state index contributed by atoms with van der Waals surface area (Å²) in [6.45, 7) is 2.78. The number of carbonyl (C=O) groups excluding carboxylic acids is 3. The van der Waals surface area contributed by atoms with Gasteiger partial charge in [0.2, 0.25) is 0 Å². The van der Waals surface area contributed by atoms with E-state index in [1.807, 2.05) is 29.2 Å². The fourth-order valence-corrected chi connectivity index (χ4v) is 6.09. The van der Waals surface area contributed by atoms with E-state index in [0.29, 0.717) is 30.3 Å². The van der Waals surface area contributed by atoms with Gasteiger partial charge in [0.15, 0.2) is 12.7 Å². The number of aromatic nitrogens is 1. The van der Waals surface area contributed by atoms with Crippen molar-refractivity contribution < 1.29 is 23.9 Å². The first-order valence-electron chi connectivity index (χ1n) is 11.3. The summed E-state index contributed by atoms with van der Waals surface area (Å²) in [5, 5.41) is 3.82. The van der Waals surface area contributed by atoms with Crippen LogP contribution in [0.5, 0.6) is 5.75 Å². The summed E-state index contributed by atoms with van der Waals surface area (Å²) < 4.78 is 12.0. The molecule has 0 spiro atoms. The average molecular weight is 513 g/mol. The molecule has 2 fully saturated rings. The minimum atomic E-state index is -0.637. The number of pyridine rings is 1. The number of cyclic esters (lactones) is 1. The zero-order chi connectivity index (χ0) is 24.1. The van der Waals surface area contributed by atoms with Crippen LogP contribution in [-0.4, -0.2) is 71.6 Å². The molecule has 3 aliphatic rings. The predicted molar refractivity (Wildman–Crippen MR) is 130 cm³/mol. The lowest BCUT2D eigenvalue weighted by Gasteiger charge is -2.29. The standard InChI is InChI=1S/C24H21ClN4O5S/c25-14-7-13-8-19(23(31)28-5-3-26-4-6-28)34-21(13)17(9-14)16-1-2-27-18-10-15(35-22(16)18)11-29-20(30)12-33-24(29)32/h1-2,7,9-10,19,26H,3-6,8,11-12H2. The zero-order valence-corrected chi connectivity index (χ0v) is 20.2. The third-order valence-electron chi connectivity index (χ3n) is 6.41. The third-order valence-corrected chi connectivity index (χ3v) is 7.77. The number of carbonyl (C=O) groups is 3. The van der Waals surface area contributed by atoms with Crippen LogP contribution in [0.2, 0.25) is 5.02 Å². The summed E-state index contributed by atoms with van der Waals surface area (Å²) in [7, 11) is 0. The Kier molecular flexibility index (Phi) is 5.58. The SMILES string of the molecule is O=C(C1Cc2cc(Cl)cc(-c3ccnc4cc(CN5C(=O)COC5=O)sc34)c2O1)N1CCNCC1. The van der Waals surface area contributed by atoms with Gasteiger partial charge in [-0.05, 0) is 24.3 Å². The second kappa shape index (κ2) is 8.78. The number of nitrogens with zero attached hydrogens (tertiary/aromatic N) is 3. The van der Waals surface area contributed by atoms with Crippen molar-refractivity contribution in [2.45, 2.75) is 19.1 Å². The Morgan fingerprint density at radius 2 is 2.03 bits per heavy atom. The van der Waals surface area contributed by atoms with Crippen LogP contribution < -0.4 is 10.1 Å². The van der Waals surface area contributed by atoms with Crippen molar-refractivity contribution in [1.29, 1.82) is 0 Å². The molecular weight excluding hydrogens is 492 g/mol. The highest BCUT2D eigenvalue weighted by Crippen LogP contribution is 2.45. The second-order valence-corrected chi connectivity index (χ2v) is 10.2. The molecule has 3 aliphatic heterocycles. The molecule has 1 unspecified atom stereocenters. The van der Waals surface area contributed by atoms with Crippen LogP contribution in [0.4, 0.5) is 4.79 Å². The van der Waals surface area contributed by atoms with Crippen molar-refractivity contribution in [3.8, 4) is 16.9 Å². The van der Waals surface area contributed by atoms with E-state index in [-0.39, 0.29) is 25.0 Å². The zero-order valence-electron chi connectivity index (χ0n) is 18.6. The normalized spacial score (nSPS) is 19.7. The maximum Gasteiger partial charge on any atom is 0.417 e. The van der Waals surface area contributed by atoms with Crippen LogP contribution in [0.25, 0.3) is 21.3 Å². The number of fused-ring (bicyclic) bond motifs is 2. The monoisotopic (exact) mass is 512 g/mol. The van der Waals surface area contributed by atoms with Gasteiger partial charge in [-0.2, -0.15) is 0 Å². The summed E-state index contributed by atoms with van der Waals surface area (Å²) in [6, 6.07) is 7.45. The van der Waals surface area contributed by atoms with Gasteiger partial charge in [-0.3, -0.25) is 14.6 Å². The molecule has 9 nitrogen and oxygen atoms in total. The highest BCUT2D eigenvalue weighted by atomic mass is 35.5. The van der Waals surface area contributed by atoms with Crippen LogP contribution in [0, 0.1) is 0 Å². The van der Waals surface area contributed by atoms with E-state index in [2.05, 4.69) is 10.3 Å². The molecule has 1 atom stereocenters. The van der Waals surface area contributed by atoms with Crippen molar-refractivity contribution in [2.75, 3.05) is 32.8 Å². The summed E-state index contributed by atoms with van der Waals surface area (Å²) in [6.07, 6.45) is 0.953. The smallest absolute Gasteiger partial charge is 0.417 e. The summed E-state index contributed by atoms with van der Waals surface area (Å²) in [5.74, 6) is 0.288. The number of imide groups is 1. The summed E-state index contributed by atoms with van der Waals surface area (Å²) in [4.78, 5) is 45.1. The number of piperazine rings is 1. The molecule has 2 aromatic heterocycles. The highest BCUT2D eigenvalue weighted by Gasteiger charge is 2.35. The second-order valence-electron chi connectivity index (χ2n) is 8.65. The molecule has 3 aromatic rings. The lowest BCUT2D eigenvalue weighted by molar-refractivity contribution is -0.138. The molecule has 1 aromatic carbocycles. The van der Waals surface area contributed by atoms with Gasteiger partial charge in [-0.25, -0.2) is 9.69 Å². The highest BCUT2D eigenvalue weighted by molar-refractivity contribution is 7.19. The average Bonchev–Trinajstić information content (AvgIpc) is 3.56. The fourth-order valence-electron chi connectivity index (χ4n) is 4.72. The van der Waals surface area contributed by atoms with Crippen molar-refractivity contribution in [1.82, 2.24) is 20.1 Å². The number of rotatable bonds is 4. The molecule has 0 aliphatic carbocycles. The summed E-state index contributed by atoms with van der Waals surface area (Å²) >= 11 is 7.94. The third kappa shape index (κ3) is 4.01. The van der Waals surface area contributed by atoms with E-state index >= 15 is 0 Å². The molecule has 1 N–H and O–H groups in total. The number of hydrogen-bond donors (Lipinski definition) is 1. The molecule has 2 saturated heterocycles. The largest absolute Gasteiger partial charge is 0.479 e. The Bertz CT molecular complexity index is 1350. The first-order chi connectivity index (χ1) is 17.0. The minimum Gasteiger partial charge on any atom is -0.479 e. The van der Waals surface area contributed by atoms with E-state index < -0.39 is 12.2 Å². The lowest BCUT2D eigenvalue weighted by Crippen LogP contribution is -2.50. The van der Waals surface area contributed by atoms with Crippen LogP contribution in [0.15, 0.2) is 30.5 Å². The van der Waals surface area contributed by atoms with E-state index in [1.165, 1.54) is 11.3 Å². The number of thiophene rings is 1. The van der Waals surface area contributed by atoms with Crippen molar-refractivity contribution in [3.05, 3.63) is 45.9 Å². The van der Waals surface area contributed by atoms with E-state index in [4.69, 9.17) is 21.1 Å². The topological polar surface area (TPSA) is 101 Å². The number of ether oxygens (including phenoxy) is 2. The van der Waals surface area contributed by atoms with Crippen molar-refractivity contribution in [3.63, 3.8) is 0 Å². The Morgan fingerprint density at radius 3 is 2.80 bits per heavy atom. The van der Waals surface area contributed by atoms with Crippen molar-refractivity contribution >= 4 is 51.1 Å². The van der Waals surface area contributed by atoms with Crippen LogP contribution in [0.1, 0.15) is 10.4 Å². The van der Waals surface area contributed by atoms with Gasteiger partial charge in [0.1, 0.15) is 5.75 Å². The van der Waals surface area contributed by atoms with Gasteiger partial charge in [0, 0.05) is 65.4 Å². The van der Waals surface area contributed by atoms with Crippen LogP contribution >= 0.6 is 22.9 Å². The molecule has 6 rings (SSSR count). The van der Waals surface area contributed by atoms with Gasteiger partial charge in [-0.1, -0.05) is 11.6 Å². The quantitative estimate of drug-likeness (QED) is 0.573. The molecule has 0 saturated carbocycles. The first-order valence-corrected chi connectivity index (χ1v) is 12.5. The maximum absolute atomic E-state index is 13.1. The fraction of sp³-hybridized carbons (Fsp3) is 0.333. The van der Waals surface area contributed by atoms with E-state index in [1.54, 1.807) is 6.20 Å².